The molecule has 0 aromatic heterocycles. The Balaban J connectivity index is 2.83. The van der Waals surface area contributed by atoms with E-state index in [2.05, 4.69) is 22.5 Å². The molecule has 1 aromatic carbocycles. The summed E-state index contributed by atoms with van der Waals surface area (Å²) in [5.74, 6) is -0.273. The molecule has 1 unspecified atom stereocenters. The van der Waals surface area contributed by atoms with Crippen LogP contribution < -0.4 is 0 Å². The van der Waals surface area contributed by atoms with E-state index < -0.39 is 0 Å². The summed E-state index contributed by atoms with van der Waals surface area (Å²) < 4.78 is 6.20. The van der Waals surface area contributed by atoms with Gasteiger partial charge in [-0.15, -0.1) is 6.58 Å². The Morgan fingerprint density at radius 2 is 2.13 bits per heavy atom. The van der Waals surface area contributed by atoms with E-state index in [0.717, 1.165) is 10.0 Å². The van der Waals surface area contributed by atoms with Gasteiger partial charge in [-0.3, -0.25) is 4.79 Å². The van der Waals surface area contributed by atoms with E-state index in [1.165, 1.54) is 6.92 Å². The van der Waals surface area contributed by atoms with Crippen LogP contribution in [-0.2, 0) is 9.53 Å². The van der Waals surface area contributed by atoms with E-state index in [1.807, 2.05) is 24.3 Å². The second-order valence-electron chi connectivity index (χ2n) is 3.17. The van der Waals surface area contributed by atoms with Crippen molar-refractivity contribution < 1.29 is 9.53 Å². The van der Waals surface area contributed by atoms with Crippen LogP contribution in [0.5, 0.6) is 0 Å². The molecule has 1 aromatic rings. The average molecular weight is 269 g/mol. The largest absolute Gasteiger partial charge is 0.457 e. The molecule has 0 aliphatic heterocycles. The van der Waals surface area contributed by atoms with E-state index in [-0.39, 0.29) is 12.1 Å². The van der Waals surface area contributed by atoms with Crippen molar-refractivity contribution in [2.24, 2.45) is 0 Å². The molecule has 0 saturated heterocycles. The molecule has 1 rings (SSSR count). The fraction of sp³-hybridized carbons (Fsp3) is 0.250. The number of halogens is 1. The molecule has 2 nitrogen and oxygen atoms in total. The summed E-state index contributed by atoms with van der Waals surface area (Å²) in [6.45, 7) is 5.06. The minimum Gasteiger partial charge on any atom is -0.457 e. The minimum absolute atomic E-state index is 0.229. The van der Waals surface area contributed by atoms with Crippen LogP contribution in [0.3, 0.4) is 0 Å². The van der Waals surface area contributed by atoms with Crippen molar-refractivity contribution in [2.75, 3.05) is 0 Å². The maximum atomic E-state index is 10.9. The lowest BCUT2D eigenvalue weighted by Crippen LogP contribution is -2.07. The Kier molecular flexibility index (Phi) is 4.56. The fourth-order valence-corrected chi connectivity index (χ4v) is 1.55. The molecule has 0 heterocycles. The lowest BCUT2D eigenvalue weighted by atomic mass is 10.1. The first kappa shape index (κ1) is 12.0. The van der Waals surface area contributed by atoms with Crippen LogP contribution in [0.2, 0.25) is 0 Å². The number of rotatable bonds is 4. The number of ether oxygens (including phenoxy) is 1. The molecule has 0 saturated carbocycles. The van der Waals surface area contributed by atoms with E-state index in [9.17, 15) is 4.79 Å². The van der Waals surface area contributed by atoms with E-state index in [4.69, 9.17) is 4.74 Å². The summed E-state index contributed by atoms with van der Waals surface area (Å²) in [4.78, 5) is 10.9. The molecule has 0 N–H and O–H groups in total. The summed E-state index contributed by atoms with van der Waals surface area (Å²) in [6.07, 6.45) is 2.14. The maximum Gasteiger partial charge on any atom is 0.303 e. The third kappa shape index (κ3) is 3.88. The zero-order valence-electron chi connectivity index (χ0n) is 8.57. The van der Waals surface area contributed by atoms with Crippen molar-refractivity contribution in [1.29, 1.82) is 0 Å². The second-order valence-corrected chi connectivity index (χ2v) is 4.09. The number of carbonyl (C=O) groups is 1. The molecule has 0 aliphatic carbocycles. The SMILES string of the molecule is C=CCC(OC(C)=O)c1ccc(Br)cc1. The number of esters is 1. The Morgan fingerprint density at radius 1 is 1.53 bits per heavy atom. The summed E-state index contributed by atoms with van der Waals surface area (Å²) in [6, 6.07) is 7.71. The Labute approximate surface area is 98.1 Å². The molecule has 3 heteroatoms. The van der Waals surface area contributed by atoms with Crippen molar-refractivity contribution in [1.82, 2.24) is 0 Å². The van der Waals surface area contributed by atoms with Crippen LogP contribution in [-0.4, -0.2) is 5.97 Å². The van der Waals surface area contributed by atoms with E-state index in [1.54, 1.807) is 6.08 Å². The van der Waals surface area contributed by atoms with Crippen LogP contribution >= 0.6 is 15.9 Å². The molecule has 0 bridgehead atoms. The third-order valence-electron chi connectivity index (χ3n) is 1.93. The highest BCUT2D eigenvalue weighted by atomic mass is 79.9. The molecule has 80 valence electrons. The van der Waals surface area contributed by atoms with Gasteiger partial charge in [0.25, 0.3) is 0 Å². The van der Waals surface area contributed by atoms with Gasteiger partial charge in [0.05, 0.1) is 0 Å². The van der Waals surface area contributed by atoms with Crippen molar-refractivity contribution in [3.05, 3.63) is 47.0 Å². The Bertz CT molecular complexity index is 343. The quantitative estimate of drug-likeness (QED) is 0.616. The third-order valence-corrected chi connectivity index (χ3v) is 2.46. The van der Waals surface area contributed by atoms with Gasteiger partial charge in [0.2, 0.25) is 0 Å². The van der Waals surface area contributed by atoms with E-state index >= 15 is 0 Å². The van der Waals surface area contributed by atoms with Crippen molar-refractivity contribution in [3.8, 4) is 0 Å². The summed E-state index contributed by atoms with van der Waals surface area (Å²) in [5.41, 5.74) is 0.980. The number of hydrogen-bond acceptors (Lipinski definition) is 2. The van der Waals surface area contributed by atoms with Gasteiger partial charge in [0.1, 0.15) is 6.10 Å². The van der Waals surface area contributed by atoms with Crippen LogP contribution in [0.25, 0.3) is 0 Å². The zero-order chi connectivity index (χ0) is 11.3. The number of carbonyl (C=O) groups excluding carboxylic acids is 1. The van der Waals surface area contributed by atoms with Gasteiger partial charge in [-0.1, -0.05) is 34.1 Å². The molecular formula is C12H13BrO2. The molecule has 1 atom stereocenters. The van der Waals surface area contributed by atoms with Gasteiger partial charge in [-0.05, 0) is 17.7 Å². The second kappa shape index (κ2) is 5.71. The van der Waals surface area contributed by atoms with Crippen LogP contribution in [0.15, 0.2) is 41.4 Å². The maximum absolute atomic E-state index is 10.9. The number of hydrogen-bond donors (Lipinski definition) is 0. The van der Waals surface area contributed by atoms with Gasteiger partial charge in [-0.2, -0.15) is 0 Å². The first-order chi connectivity index (χ1) is 7.13. The average Bonchev–Trinajstić information content (AvgIpc) is 2.17. The predicted octanol–water partition coefficient (Wildman–Crippen LogP) is 3.63. The van der Waals surface area contributed by atoms with Crippen LogP contribution in [0.1, 0.15) is 25.0 Å². The standard InChI is InChI=1S/C12H13BrO2/c1-3-4-12(15-9(2)14)10-5-7-11(13)8-6-10/h3,5-8,12H,1,4H2,2H3. The normalized spacial score (nSPS) is 11.9. The van der Waals surface area contributed by atoms with Gasteiger partial charge in [0, 0.05) is 17.8 Å². The lowest BCUT2D eigenvalue weighted by molar-refractivity contribution is -0.146. The molecule has 0 amide bonds. The summed E-state index contributed by atoms with van der Waals surface area (Å²) >= 11 is 3.36. The Hall–Kier alpha value is -1.09. The molecule has 0 spiro atoms. The van der Waals surface area contributed by atoms with Crippen LogP contribution in [0.4, 0.5) is 0 Å². The highest BCUT2D eigenvalue weighted by Gasteiger charge is 2.12. The minimum atomic E-state index is -0.273. The molecular weight excluding hydrogens is 256 g/mol. The van der Waals surface area contributed by atoms with Gasteiger partial charge in [-0.25, -0.2) is 0 Å². The first-order valence-corrected chi connectivity index (χ1v) is 5.46. The smallest absolute Gasteiger partial charge is 0.303 e. The topological polar surface area (TPSA) is 26.3 Å². The molecule has 15 heavy (non-hydrogen) atoms. The lowest BCUT2D eigenvalue weighted by Gasteiger charge is -2.15. The predicted molar refractivity (Wildman–Crippen MR) is 63.5 cm³/mol. The molecule has 0 fully saturated rings. The van der Waals surface area contributed by atoms with Gasteiger partial charge < -0.3 is 4.74 Å². The highest BCUT2D eigenvalue weighted by Crippen LogP contribution is 2.23. The van der Waals surface area contributed by atoms with Crippen LogP contribution in [0, 0.1) is 0 Å². The van der Waals surface area contributed by atoms with Crippen molar-refractivity contribution in [2.45, 2.75) is 19.4 Å². The van der Waals surface area contributed by atoms with Crippen molar-refractivity contribution >= 4 is 21.9 Å². The number of benzene rings is 1. The van der Waals surface area contributed by atoms with Gasteiger partial charge in [0.15, 0.2) is 0 Å². The summed E-state index contributed by atoms with van der Waals surface area (Å²) in [7, 11) is 0. The molecule has 0 radical (unpaired) electrons. The molecule has 0 aliphatic rings. The van der Waals surface area contributed by atoms with E-state index in [0.29, 0.717) is 6.42 Å². The fourth-order valence-electron chi connectivity index (χ4n) is 1.28. The van der Waals surface area contributed by atoms with Crippen molar-refractivity contribution in [3.63, 3.8) is 0 Å². The van der Waals surface area contributed by atoms with Gasteiger partial charge >= 0.3 is 5.97 Å². The zero-order valence-corrected chi connectivity index (χ0v) is 10.2. The monoisotopic (exact) mass is 268 g/mol. The summed E-state index contributed by atoms with van der Waals surface area (Å²) in [5, 5.41) is 0. The highest BCUT2D eigenvalue weighted by molar-refractivity contribution is 9.10. The first-order valence-electron chi connectivity index (χ1n) is 4.67. The Morgan fingerprint density at radius 3 is 2.60 bits per heavy atom.